The van der Waals surface area contributed by atoms with Gasteiger partial charge in [0.15, 0.2) is 0 Å². The molecule has 1 aliphatic rings. The summed E-state index contributed by atoms with van der Waals surface area (Å²) in [6.07, 6.45) is 5.15. The van der Waals surface area contributed by atoms with Crippen molar-refractivity contribution in [2.24, 2.45) is 5.41 Å². The van der Waals surface area contributed by atoms with Gasteiger partial charge in [0.2, 0.25) is 0 Å². The van der Waals surface area contributed by atoms with Crippen molar-refractivity contribution in [3.8, 4) is 0 Å². The van der Waals surface area contributed by atoms with E-state index in [1.54, 1.807) is 0 Å². The number of halogens is 2. The molecular formula is C16H23F2N. The Labute approximate surface area is 114 Å². The Morgan fingerprint density at radius 3 is 2.68 bits per heavy atom. The average molecular weight is 267 g/mol. The molecule has 0 spiro atoms. The summed E-state index contributed by atoms with van der Waals surface area (Å²) in [7, 11) is 0. The maximum Gasteiger partial charge on any atom is 0.126 e. The summed E-state index contributed by atoms with van der Waals surface area (Å²) in [4.78, 5) is 0. The third-order valence-electron chi connectivity index (χ3n) is 3.87. The molecule has 1 aliphatic carbocycles. The maximum absolute atomic E-state index is 13.8. The predicted molar refractivity (Wildman–Crippen MR) is 74.1 cm³/mol. The van der Waals surface area contributed by atoms with Crippen LogP contribution in [0.5, 0.6) is 0 Å². The molecule has 0 saturated heterocycles. The van der Waals surface area contributed by atoms with Crippen molar-refractivity contribution in [1.82, 2.24) is 5.32 Å². The molecule has 0 aliphatic heterocycles. The molecule has 1 atom stereocenters. The van der Waals surface area contributed by atoms with E-state index < -0.39 is 0 Å². The van der Waals surface area contributed by atoms with E-state index in [1.807, 2.05) is 0 Å². The maximum atomic E-state index is 13.8. The van der Waals surface area contributed by atoms with Gasteiger partial charge in [-0.05, 0) is 54.9 Å². The zero-order valence-electron chi connectivity index (χ0n) is 11.8. The quantitative estimate of drug-likeness (QED) is 0.785. The molecule has 19 heavy (non-hydrogen) atoms. The van der Waals surface area contributed by atoms with Gasteiger partial charge in [0.25, 0.3) is 0 Å². The van der Waals surface area contributed by atoms with E-state index >= 15 is 0 Å². The summed E-state index contributed by atoms with van der Waals surface area (Å²) < 4.78 is 27.0. The lowest BCUT2D eigenvalue weighted by Crippen LogP contribution is -2.35. The highest BCUT2D eigenvalue weighted by Crippen LogP contribution is 2.30. The Morgan fingerprint density at radius 2 is 2.05 bits per heavy atom. The van der Waals surface area contributed by atoms with Crippen LogP contribution in [0.3, 0.4) is 0 Å². The van der Waals surface area contributed by atoms with Crippen LogP contribution in [0, 0.1) is 17.0 Å². The van der Waals surface area contributed by atoms with Crippen molar-refractivity contribution in [3.63, 3.8) is 0 Å². The molecule has 1 N–H and O–H groups in total. The van der Waals surface area contributed by atoms with Crippen molar-refractivity contribution in [1.29, 1.82) is 0 Å². The van der Waals surface area contributed by atoms with Crippen LogP contribution in [-0.2, 0) is 6.42 Å². The van der Waals surface area contributed by atoms with Gasteiger partial charge >= 0.3 is 0 Å². The Bertz CT molecular complexity index is 429. The Balaban J connectivity index is 2.06. The van der Waals surface area contributed by atoms with Crippen molar-refractivity contribution in [2.75, 3.05) is 6.54 Å². The average Bonchev–Trinajstić information content (AvgIpc) is 3.16. The molecular weight excluding hydrogens is 244 g/mol. The summed E-state index contributed by atoms with van der Waals surface area (Å²) in [6, 6.07) is 4.39. The van der Waals surface area contributed by atoms with Crippen LogP contribution >= 0.6 is 0 Å². The number of hydrogen-bond acceptors (Lipinski definition) is 1. The van der Waals surface area contributed by atoms with Gasteiger partial charge in [0, 0.05) is 12.6 Å². The fraction of sp³-hybridized carbons (Fsp3) is 0.625. The highest BCUT2D eigenvalue weighted by atomic mass is 19.1. The summed E-state index contributed by atoms with van der Waals surface area (Å²) in [6.45, 7) is 5.18. The van der Waals surface area contributed by atoms with Crippen LogP contribution in [0.25, 0.3) is 0 Å². The van der Waals surface area contributed by atoms with Crippen LogP contribution in [-0.4, -0.2) is 12.6 Å². The third kappa shape index (κ3) is 4.27. The van der Waals surface area contributed by atoms with Gasteiger partial charge in [0.1, 0.15) is 11.6 Å². The molecule has 2 rings (SSSR count). The van der Waals surface area contributed by atoms with Gasteiger partial charge in [0.05, 0.1) is 0 Å². The summed E-state index contributed by atoms with van der Waals surface area (Å²) in [5.41, 5.74) is 0.486. The zero-order chi connectivity index (χ0) is 13.9. The third-order valence-corrected chi connectivity index (χ3v) is 3.87. The fourth-order valence-electron chi connectivity index (χ4n) is 2.66. The van der Waals surface area contributed by atoms with E-state index in [2.05, 4.69) is 19.2 Å². The van der Waals surface area contributed by atoms with E-state index in [4.69, 9.17) is 0 Å². The lowest BCUT2D eigenvalue weighted by atomic mass is 9.79. The van der Waals surface area contributed by atoms with Crippen molar-refractivity contribution < 1.29 is 8.78 Å². The SMILES string of the molecule is CCCC(C)(CNC1CC1)Cc1cc(F)ccc1F. The van der Waals surface area contributed by atoms with Gasteiger partial charge < -0.3 is 5.32 Å². The second-order valence-electron chi connectivity index (χ2n) is 6.13. The fourth-order valence-corrected chi connectivity index (χ4v) is 2.66. The zero-order valence-corrected chi connectivity index (χ0v) is 11.8. The molecule has 1 fully saturated rings. The number of hydrogen-bond donors (Lipinski definition) is 1. The predicted octanol–water partition coefficient (Wildman–Crippen LogP) is 4.07. The van der Waals surface area contributed by atoms with Gasteiger partial charge in [-0.1, -0.05) is 20.3 Å². The highest BCUT2D eigenvalue weighted by molar-refractivity contribution is 5.20. The second kappa shape index (κ2) is 6.00. The van der Waals surface area contributed by atoms with Crippen molar-refractivity contribution >= 4 is 0 Å². The van der Waals surface area contributed by atoms with E-state index in [9.17, 15) is 8.78 Å². The first-order chi connectivity index (χ1) is 9.02. The molecule has 1 aromatic carbocycles. The van der Waals surface area contributed by atoms with Crippen LogP contribution in [0.1, 0.15) is 45.1 Å². The Morgan fingerprint density at radius 1 is 1.32 bits per heavy atom. The first kappa shape index (κ1) is 14.4. The Hall–Kier alpha value is -0.960. The van der Waals surface area contributed by atoms with Crippen LogP contribution in [0.2, 0.25) is 0 Å². The monoisotopic (exact) mass is 267 g/mol. The number of rotatable bonds is 7. The minimum absolute atomic E-state index is 0.00796. The van der Waals surface area contributed by atoms with E-state index in [-0.39, 0.29) is 17.0 Å². The molecule has 1 aromatic rings. The van der Waals surface area contributed by atoms with Crippen molar-refractivity contribution in [3.05, 3.63) is 35.4 Å². The van der Waals surface area contributed by atoms with E-state index in [0.717, 1.165) is 19.4 Å². The van der Waals surface area contributed by atoms with Crippen LogP contribution in [0.4, 0.5) is 8.78 Å². The first-order valence-corrected chi connectivity index (χ1v) is 7.20. The van der Waals surface area contributed by atoms with Crippen LogP contribution in [0.15, 0.2) is 18.2 Å². The first-order valence-electron chi connectivity index (χ1n) is 7.20. The van der Waals surface area contributed by atoms with Gasteiger partial charge in [-0.25, -0.2) is 8.78 Å². The van der Waals surface area contributed by atoms with Crippen LogP contribution < -0.4 is 5.32 Å². The molecule has 1 unspecified atom stereocenters. The molecule has 106 valence electrons. The minimum Gasteiger partial charge on any atom is -0.313 e. The highest BCUT2D eigenvalue weighted by Gasteiger charge is 2.29. The topological polar surface area (TPSA) is 12.0 Å². The Kier molecular flexibility index (Phi) is 4.56. The lowest BCUT2D eigenvalue weighted by Gasteiger charge is -2.30. The second-order valence-corrected chi connectivity index (χ2v) is 6.13. The molecule has 0 heterocycles. The standard InChI is InChI=1S/C16H23F2N/c1-3-8-16(2,11-19-14-5-6-14)10-12-9-13(17)4-7-15(12)18/h4,7,9,14,19H,3,5-6,8,10-11H2,1-2H3. The number of benzene rings is 1. The summed E-state index contributed by atoms with van der Waals surface area (Å²) in [5, 5.41) is 3.52. The van der Waals surface area contributed by atoms with Gasteiger partial charge in [-0.3, -0.25) is 0 Å². The van der Waals surface area contributed by atoms with Gasteiger partial charge in [-0.2, -0.15) is 0 Å². The molecule has 1 saturated carbocycles. The number of nitrogens with one attached hydrogen (secondary N) is 1. The normalized spacial score (nSPS) is 18.3. The lowest BCUT2D eigenvalue weighted by molar-refractivity contribution is 0.270. The largest absolute Gasteiger partial charge is 0.313 e. The van der Waals surface area contributed by atoms with Gasteiger partial charge in [-0.15, -0.1) is 0 Å². The summed E-state index contributed by atoms with van der Waals surface area (Å²) in [5.74, 6) is -0.652. The smallest absolute Gasteiger partial charge is 0.126 e. The summed E-state index contributed by atoms with van der Waals surface area (Å²) >= 11 is 0. The molecule has 0 amide bonds. The van der Waals surface area contributed by atoms with E-state index in [1.165, 1.54) is 31.0 Å². The molecule has 3 heteroatoms. The van der Waals surface area contributed by atoms with Crippen molar-refractivity contribution in [2.45, 2.75) is 52.0 Å². The molecule has 1 nitrogen and oxygen atoms in total. The van der Waals surface area contributed by atoms with E-state index in [0.29, 0.717) is 18.0 Å². The molecule has 0 aromatic heterocycles. The molecule has 0 bridgehead atoms. The minimum atomic E-state index is -0.356. The molecule has 0 radical (unpaired) electrons.